The number of hydrogen-bond acceptors (Lipinski definition) is 5. The van der Waals surface area contributed by atoms with Crippen LogP contribution in [0, 0.1) is 5.82 Å². The quantitative estimate of drug-likeness (QED) is 0.815. The van der Waals surface area contributed by atoms with Gasteiger partial charge in [0.25, 0.3) is 5.91 Å². The van der Waals surface area contributed by atoms with E-state index in [1.807, 2.05) is 29.2 Å². The molecule has 1 atom stereocenters. The van der Waals surface area contributed by atoms with Crippen LogP contribution in [0.1, 0.15) is 12.0 Å². The summed E-state index contributed by atoms with van der Waals surface area (Å²) in [5.41, 5.74) is 2.49. The molecule has 0 bridgehead atoms. The number of nitrogens with zero attached hydrogens (tertiary/aromatic N) is 3. The number of ether oxygens (including phenoxy) is 1. The van der Waals surface area contributed by atoms with Gasteiger partial charge < -0.3 is 19.4 Å². The van der Waals surface area contributed by atoms with E-state index >= 15 is 0 Å². The summed E-state index contributed by atoms with van der Waals surface area (Å²) in [5.74, 6) is 0.475. The van der Waals surface area contributed by atoms with Gasteiger partial charge >= 0.3 is 0 Å². The maximum atomic E-state index is 13.1. The number of halogens is 1. The average Bonchev–Trinajstić information content (AvgIpc) is 3.24. The fraction of sp³-hybridized carbons (Fsp3) is 0.333. The molecule has 2 aliphatic rings. The van der Waals surface area contributed by atoms with Crippen LogP contribution in [0.15, 0.2) is 53.7 Å². The Kier molecular flexibility index (Phi) is 5.14. The minimum Gasteiger partial charge on any atom is -0.495 e. The van der Waals surface area contributed by atoms with E-state index in [1.165, 1.54) is 12.1 Å². The molecular formula is C21H22FN3O3. The van der Waals surface area contributed by atoms with E-state index in [0.29, 0.717) is 25.2 Å². The molecule has 1 saturated heterocycles. The first kappa shape index (κ1) is 18.3. The highest BCUT2D eigenvalue weighted by atomic mass is 19.1. The molecule has 1 fully saturated rings. The Morgan fingerprint density at radius 1 is 1.11 bits per heavy atom. The molecule has 0 saturated carbocycles. The van der Waals surface area contributed by atoms with E-state index in [1.54, 1.807) is 19.2 Å². The fourth-order valence-electron chi connectivity index (χ4n) is 3.59. The number of piperazine rings is 1. The molecule has 0 N–H and O–H groups in total. The molecule has 7 heteroatoms. The zero-order chi connectivity index (χ0) is 19.5. The summed E-state index contributed by atoms with van der Waals surface area (Å²) < 4.78 is 18.5. The number of methoxy groups -OCH3 is 1. The van der Waals surface area contributed by atoms with Crippen LogP contribution in [0.2, 0.25) is 0 Å². The number of oxime groups is 1. The Morgan fingerprint density at radius 2 is 1.82 bits per heavy atom. The van der Waals surface area contributed by atoms with Crippen LogP contribution in [0.25, 0.3) is 0 Å². The predicted octanol–water partition coefficient (Wildman–Crippen LogP) is 2.68. The summed E-state index contributed by atoms with van der Waals surface area (Å²) in [6.45, 7) is 2.68. The standard InChI is InChI=1S/C21H22FN3O3/c1-27-19-5-3-2-4-18(19)24-10-12-25(13-11-24)21(26)20-14-17(23-28-20)15-6-8-16(22)9-7-15/h2-9,20H,10-14H2,1H3/t20-/m1/s1. The third-order valence-corrected chi connectivity index (χ3v) is 5.14. The van der Waals surface area contributed by atoms with Crippen LogP contribution in [0.3, 0.4) is 0 Å². The summed E-state index contributed by atoms with van der Waals surface area (Å²) in [6, 6.07) is 13.9. The molecule has 146 valence electrons. The molecule has 2 aromatic rings. The molecule has 2 aliphatic heterocycles. The van der Waals surface area contributed by atoms with Crippen LogP contribution in [-0.2, 0) is 9.63 Å². The average molecular weight is 383 g/mol. The van der Waals surface area contributed by atoms with Gasteiger partial charge in [0.1, 0.15) is 11.6 Å². The Balaban J connectivity index is 1.34. The molecule has 0 aliphatic carbocycles. The molecule has 4 rings (SSSR count). The van der Waals surface area contributed by atoms with Gasteiger partial charge in [0.05, 0.1) is 18.5 Å². The zero-order valence-electron chi connectivity index (χ0n) is 15.7. The van der Waals surface area contributed by atoms with E-state index in [0.717, 1.165) is 30.1 Å². The first-order chi connectivity index (χ1) is 13.7. The van der Waals surface area contributed by atoms with E-state index < -0.39 is 6.10 Å². The second-order valence-corrected chi connectivity index (χ2v) is 6.83. The van der Waals surface area contributed by atoms with Gasteiger partial charge in [-0.25, -0.2) is 4.39 Å². The van der Waals surface area contributed by atoms with Crippen molar-refractivity contribution in [3.8, 4) is 5.75 Å². The van der Waals surface area contributed by atoms with Crippen molar-refractivity contribution in [3.63, 3.8) is 0 Å². The summed E-state index contributed by atoms with van der Waals surface area (Å²) >= 11 is 0. The highest BCUT2D eigenvalue weighted by molar-refractivity contribution is 6.04. The van der Waals surface area contributed by atoms with Crippen molar-refractivity contribution < 1.29 is 18.8 Å². The molecule has 0 radical (unpaired) electrons. The minimum absolute atomic E-state index is 0.0551. The van der Waals surface area contributed by atoms with Gasteiger partial charge in [0.2, 0.25) is 6.10 Å². The second-order valence-electron chi connectivity index (χ2n) is 6.83. The van der Waals surface area contributed by atoms with E-state index in [4.69, 9.17) is 9.57 Å². The molecule has 0 spiro atoms. The smallest absolute Gasteiger partial charge is 0.267 e. The lowest BCUT2D eigenvalue weighted by Gasteiger charge is -2.37. The molecule has 1 amide bonds. The van der Waals surface area contributed by atoms with Gasteiger partial charge in [-0.05, 0) is 29.8 Å². The van der Waals surface area contributed by atoms with Crippen molar-refractivity contribution in [1.29, 1.82) is 0 Å². The summed E-state index contributed by atoms with van der Waals surface area (Å²) in [6.07, 6.45) is -0.213. The molecule has 0 unspecified atom stereocenters. The van der Waals surface area contributed by atoms with Gasteiger partial charge in [-0.2, -0.15) is 0 Å². The van der Waals surface area contributed by atoms with Crippen LogP contribution in [0.4, 0.5) is 10.1 Å². The molecule has 28 heavy (non-hydrogen) atoms. The van der Waals surface area contributed by atoms with Gasteiger partial charge in [-0.3, -0.25) is 4.79 Å². The molecule has 6 nitrogen and oxygen atoms in total. The largest absolute Gasteiger partial charge is 0.495 e. The van der Waals surface area contributed by atoms with Crippen molar-refractivity contribution in [1.82, 2.24) is 4.90 Å². The lowest BCUT2D eigenvalue weighted by molar-refractivity contribution is -0.142. The van der Waals surface area contributed by atoms with Gasteiger partial charge in [-0.15, -0.1) is 0 Å². The number of amides is 1. The number of rotatable bonds is 4. The topological polar surface area (TPSA) is 54.4 Å². The predicted molar refractivity (Wildman–Crippen MR) is 104 cm³/mol. The summed E-state index contributed by atoms with van der Waals surface area (Å²) in [4.78, 5) is 22.2. The van der Waals surface area contributed by atoms with E-state index in [2.05, 4.69) is 10.1 Å². The Morgan fingerprint density at radius 3 is 2.54 bits per heavy atom. The normalized spacial score (nSPS) is 19.2. The lowest BCUT2D eigenvalue weighted by Crippen LogP contribution is -2.51. The first-order valence-electron chi connectivity index (χ1n) is 9.31. The number of para-hydroxylation sites is 2. The van der Waals surface area contributed by atoms with Crippen molar-refractivity contribution in [2.75, 3.05) is 38.2 Å². The maximum absolute atomic E-state index is 13.1. The minimum atomic E-state index is -0.613. The van der Waals surface area contributed by atoms with Crippen molar-refractivity contribution in [3.05, 3.63) is 59.9 Å². The number of anilines is 1. The highest BCUT2D eigenvalue weighted by Gasteiger charge is 2.34. The summed E-state index contributed by atoms with van der Waals surface area (Å²) in [7, 11) is 1.66. The van der Waals surface area contributed by atoms with Crippen molar-refractivity contribution in [2.24, 2.45) is 5.16 Å². The second kappa shape index (κ2) is 7.88. The van der Waals surface area contributed by atoms with Crippen molar-refractivity contribution >= 4 is 17.3 Å². The zero-order valence-corrected chi connectivity index (χ0v) is 15.7. The van der Waals surface area contributed by atoms with Gasteiger partial charge in [0.15, 0.2) is 0 Å². The number of carbonyl (C=O) groups excluding carboxylic acids is 1. The van der Waals surface area contributed by atoms with Crippen LogP contribution in [-0.4, -0.2) is 55.9 Å². The molecular weight excluding hydrogens is 361 g/mol. The maximum Gasteiger partial charge on any atom is 0.267 e. The van der Waals surface area contributed by atoms with Gasteiger partial charge in [-0.1, -0.05) is 29.4 Å². The SMILES string of the molecule is COc1ccccc1N1CCN(C(=O)[C@H]2CC(c3ccc(F)cc3)=NO2)CC1. The lowest BCUT2D eigenvalue weighted by atomic mass is 10.0. The number of carbonyl (C=O) groups is 1. The molecule has 2 aromatic carbocycles. The van der Waals surface area contributed by atoms with E-state index in [9.17, 15) is 9.18 Å². The molecule has 2 heterocycles. The van der Waals surface area contributed by atoms with Crippen LogP contribution >= 0.6 is 0 Å². The Labute approximate surface area is 163 Å². The van der Waals surface area contributed by atoms with E-state index in [-0.39, 0.29) is 11.7 Å². The van der Waals surface area contributed by atoms with Gasteiger partial charge in [0, 0.05) is 32.6 Å². The van der Waals surface area contributed by atoms with Crippen LogP contribution in [0.5, 0.6) is 5.75 Å². The van der Waals surface area contributed by atoms with Crippen molar-refractivity contribution in [2.45, 2.75) is 12.5 Å². The molecule has 0 aromatic heterocycles. The highest BCUT2D eigenvalue weighted by Crippen LogP contribution is 2.28. The third-order valence-electron chi connectivity index (χ3n) is 5.14. The fourth-order valence-corrected chi connectivity index (χ4v) is 3.59. The summed E-state index contributed by atoms with van der Waals surface area (Å²) in [5, 5.41) is 4.04. The number of hydrogen-bond donors (Lipinski definition) is 0. The first-order valence-corrected chi connectivity index (χ1v) is 9.31. The Bertz CT molecular complexity index is 877. The van der Waals surface area contributed by atoms with Crippen LogP contribution < -0.4 is 9.64 Å². The third kappa shape index (κ3) is 3.65. The number of benzene rings is 2. The Hall–Kier alpha value is -3.09. The monoisotopic (exact) mass is 383 g/mol.